The Labute approximate surface area is 148 Å². The predicted molar refractivity (Wildman–Crippen MR) is 93.2 cm³/mol. The number of rotatable bonds is 6. The lowest BCUT2D eigenvalue weighted by atomic mass is 10.0. The predicted octanol–water partition coefficient (Wildman–Crippen LogP) is 2.49. The first-order valence-electron chi connectivity index (χ1n) is 9.08. The van der Waals surface area contributed by atoms with Crippen LogP contribution < -0.4 is 5.32 Å². The first-order valence-corrected chi connectivity index (χ1v) is 9.08. The molecule has 2 fully saturated rings. The first kappa shape index (κ1) is 18.3. The molecule has 0 bridgehead atoms. The van der Waals surface area contributed by atoms with Crippen molar-refractivity contribution >= 4 is 5.91 Å². The molecule has 1 unspecified atom stereocenters. The van der Waals surface area contributed by atoms with Gasteiger partial charge in [-0.1, -0.05) is 0 Å². The zero-order valence-corrected chi connectivity index (χ0v) is 15.0. The minimum Gasteiger partial charge on any atom is -0.347 e. The highest BCUT2D eigenvalue weighted by Crippen LogP contribution is 2.46. The van der Waals surface area contributed by atoms with Gasteiger partial charge in [0.1, 0.15) is 11.6 Å². The molecule has 6 heteroatoms. The molecule has 25 heavy (non-hydrogen) atoms. The lowest BCUT2D eigenvalue weighted by molar-refractivity contribution is -0.122. The van der Waals surface area contributed by atoms with E-state index < -0.39 is 17.2 Å². The van der Waals surface area contributed by atoms with Gasteiger partial charge in [-0.05, 0) is 50.9 Å². The van der Waals surface area contributed by atoms with Gasteiger partial charge in [0.15, 0.2) is 0 Å². The Morgan fingerprint density at radius 2 is 1.76 bits per heavy atom. The summed E-state index contributed by atoms with van der Waals surface area (Å²) in [7, 11) is 2.12. The molecule has 2 aliphatic rings. The number of amides is 1. The summed E-state index contributed by atoms with van der Waals surface area (Å²) in [6.07, 6.45) is 2.70. The number of benzene rings is 1. The summed E-state index contributed by atoms with van der Waals surface area (Å²) in [5.41, 5.74) is -0.0395. The van der Waals surface area contributed by atoms with E-state index >= 15 is 0 Å². The lowest BCUT2D eigenvalue weighted by Gasteiger charge is -2.36. The summed E-state index contributed by atoms with van der Waals surface area (Å²) >= 11 is 0. The fourth-order valence-electron chi connectivity index (χ4n) is 3.56. The molecule has 3 rings (SSSR count). The van der Waals surface area contributed by atoms with E-state index in [9.17, 15) is 13.6 Å². The van der Waals surface area contributed by atoms with Gasteiger partial charge in [-0.3, -0.25) is 9.69 Å². The zero-order chi connectivity index (χ0) is 18.0. The van der Waals surface area contributed by atoms with Crippen molar-refractivity contribution in [3.8, 4) is 0 Å². The summed E-state index contributed by atoms with van der Waals surface area (Å²) in [6.45, 7) is 6.35. The Balaban J connectivity index is 1.50. The molecule has 1 heterocycles. The van der Waals surface area contributed by atoms with Crippen molar-refractivity contribution in [3.05, 3.63) is 35.4 Å². The van der Waals surface area contributed by atoms with Gasteiger partial charge in [-0.25, -0.2) is 8.78 Å². The molecular weight excluding hydrogens is 324 g/mol. The van der Waals surface area contributed by atoms with Crippen LogP contribution in [0.3, 0.4) is 0 Å². The number of hydrogen-bond acceptors (Lipinski definition) is 3. The van der Waals surface area contributed by atoms with Gasteiger partial charge >= 0.3 is 0 Å². The maximum atomic E-state index is 13.4. The Morgan fingerprint density at radius 3 is 2.32 bits per heavy atom. The van der Waals surface area contributed by atoms with E-state index in [4.69, 9.17) is 0 Å². The van der Waals surface area contributed by atoms with Crippen molar-refractivity contribution in [1.29, 1.82) is 0 Å². The molecule has 1 aromatic rings. The summed E-state index contributed by atoms with van der Waals surface area (Å²) < 4.78 is 26.9. The molecule has 1 amide bonds. The van der Waals surface area contributed by atoms with E-state index in [-0.39, 0.29) is 5.91 Å². The fourth-order valence-corrected chi connectivity index (χ4v) is 3.56. The maximum Gasteiger partial charge on any atom is 0.220 e. The van der Waals surface area contributed by atoms with Crippen LogP contribution in [0.2, 0.25) is 0 Å². The van der Waals surface area contributed by atoms with Crippen LogP contribution in [0.1, 0.15) is 38.2 Å². The smallest absolute Gasteiger partial charge is 0.220 e. The van der Waals surface area contributed by atoms with Gasteiger partial charge in [-0.15, -0.1) is 0 Å². The highest BCUT2D eigenvalue weighted by molar-refractivity contribution is 5.77. The Kier molecular flexibility index (Phi) is 5.39. The van der Waals surface area contributed by atoms with Crippen molar-refractivity contribution < 1.29 is 13.6 Å². The Hall–Kier alpha value is -1.53. The zero-order valence-electron chi connectivity index (χ0n) is 15.0. The van der Waals surface area contributed by atoms with E-state index in [0.29, 0.717) is 18.0 Å². The number of nitrogens with one attached hydrogen (secondary N) is 1. The monoisotopic (exact) mass is 351 g/mol. The van der Waals surface area contributed by atoms with Crippen LogP contribution in [-0.2, 0) is 10.3 Å². The van der Waals surface area contributed by atoms with Crippen molar-refractivity contribution in [1.82, 2.24) is 15.1 Å². The topological polar surface area (TPSA) is 35.6 Å². The third-order valence-corrected chi connectivity index (χ3v) is 5.49. The van der Waals surface area contributed by atoms with Gasteiger partial charge in [0, 0.05) is 44.7 Å². The molecule has 0 radical (unpaired) electrons. The number of likely N-dealkylation sites (N-methyl/N-ethyl adjacent to an activating group) is 1. The van der Waals surface area contributed by atoms with Gasteiger partial charge in [0.05, 0.1) is 5.54 Å². The number of carbonyl (C=O) groups excluding carboxylic acids is 1. The maximum absolute atomic E-state index is 13.4. The second-order valence-corrected chi connectivity index (χ2v) is 7.52. The number of nitrogens with zero attached hydrogens (tertiary/aromatic N) is 2. The number of piperazine rings is 1. The van der Waals surface area contributed by atoms with Crippen LogP contribution in [-0.4, -0.2) is 55.0 Å². The minimum absolute atomic E-state index is 0.0388. The Morgan fingerprint density at radius 1 is 1.16 bits per heavy atom. The van der Waals surface area contributed by atoms with Crippen LogP contribution >= 0.6 is 0 Å². The van der Waals surface area contributed by atoms with Gasteiger partial charge < -0.3 is 10.2 Å². The number of carbonyl (C=O) groups is 1. The largest absolute Gasteiger partial charge is 0.347 e. The molecule has 1 aliphatic heterocycles. The van der Waals surface area contributed by atoms with E-state index in [1.807, 2.05) is 0 Å². The lowest BCUT2D eigenvalue weighted by Crippen LogP contribution is -2.48. The van der Waals surface area contributed by atoms with Gasteiger partial charge in [0.2, 0.25) is 5.91 Å². The molecule has 1 N–H and O–H groups in total. The first-order chi connectivity index (χ1) is 11.9. The SMILES string of the molecule is CC(CCC(=O)NC1(c2cc(F)cc(F)c2)CC1)N1CCN(C)CC1. The van der Waals surface area contributed by atoms with Crippen LogP contribution in [0.5, 0.6) is 0 Å². The van der Waals surface area contributed by atoms with E-state index in [0.717, 1.165) is 51.5 Å². The summed E-state index contributed by atoms with van der Waals surface area (Å²) in [6, 6.07) is 3.87. The van der Waals surface area contributed by atoms with E-state index in [2.05, 4.69) is 29.1 Å². The summed E-state index contributed by atoms with van der Waals surface area (Å²) in [5, 5.41) is 3.00. The Bertz CT molecular complexity index is 605. The molecule has 138 valence electrons. The van der Waals surface area contributed by atoms with Crippen LogP contribution in [0.25, 0.3) is 0 Å². The average Bonchev–Trinajstić information content (AvgIpc) is 3.33. The molecule has 1 aromatic carbocycles. The van der Waals surface area contributed by atoms with Crippen LogP contribution in [0, 0.1) is 11.6 Å². The summed E-state index contributed by atoms with van der Waals surface area (Å²) in [4.78, 5) is 17.1. The van der Waals surface area contributed by atoms with Crippen LogP contribution in [0.4, 0.5) is 8.78 Å². The van der Waals surface area contributed by atoms with Gasteiger partial charge in [0.25, 0.3) is 0 Å². The molecule has 1 atom stereocenters. The third kappa shape index (κ3) is 4.55. The highest BCUT2D eigenvalue weighted by Gasteiger charge is 2.46. The second kappa shape index (κ2) is 7.38. The molecule has 1 aliphatic carbocycles. The standard InChI is InChI=1S/C19H27F2N3O/c1-14(24-9-7-23(2)8-10-24)3-4-18(25)22-19(5-6-19)15-11-16(20)13-17(21)12-15/h11-14H,3-10H2,1-2H3,(H,22,25). The van der Waals surface area contributed by atoms with Crippen molar-refractivity contribution in [2.45, 2.75) is 44.2 Å². The van der Waals surface area contributed by atoms with Crippen molar-refractivity contribution in [2.75, 3.05) is 33.2 Å². The van der Waals surface area contributed by atoms with Crippen molar-refractivity contribution in [2.24, 2.45) is 0 Å². The van der Waals surface area contributed by atoms with Gasteiger partial charge in [-0.2, -0.15) is 0 Å². The van der Waals surface area contributed by atoms with Crippen molar-refractivity contribution in [3.63, 3.8) is 0 Å². The molecule has 0 aromatic heterocycles. The van der Waals surface area contributed by atoms with E-state index in [1.165, 1.54) is 12.1 Å². The molecule has 1 saturated carbocycles. The molecule has 1 saturated heterocycles. The second-order valence-electron chi connectivity index (χ2n) is 7.52. The van der Waals surface area contributed by atoms with Crippen LogP contribution in [0.15, 0.2) is 18.2 Å². The normalized spacial score (nSPS) is 21.8. The molecule has 0 spiro atoms. The minimum atomic E-state index is -0.598. The molecular formula is C19H27F2N3O. The fraction of sp³-hybridized carbons (Fsp3) is 0.632. The summed E-state index contributed by atoms with van der Waals surface area (Å²) in [5.74, 6) is -1.23. The molecule has 4 nitrogen and oxygen atoms in total. The highest BCUT2D eigenvalue weighted by atomic mass is 19.1. The number of hydrogen-bond donors (Lipinski definition) is 1. The quantitative estimate of drug-likeness (QED) is 0.855. The van der Waals surface area contributed by atoms with E-state index in [1.54, 1.807) is 0 Å². The average molecular weight is 351 g/mol. The number of halogens is 2. The third-order valence-electron chi connectivity index (χ3n) is 5.49.